The van der Waals surface area contributed by atoms with Crippen LogP contribution in [0.5, 0.6) is 0 Å². The molecule has 0 saturated carbocycles. The second-order valence-corrected chi connectivity index (χ2v) is 13.6. The lowest BCUT2D eigenvalue weighted by Gasteiger charge is -2.36. The molecule has 1 N–H and O–H groups in total. The van der Waals surface area contributed by atoms with Crippen LogP contribution >= 0.6 is 11.6 Å². The number of nitrogens with one attached hydrogen (secondary N) is 1. The second-order valence-electron chi connectivity index (χ2n) is 11.5. The average molecular weight is 622 g/mol. The van der Waals surface area contributed by atoms with E-state index >= 15 is 0 Å². The van der Waals surface area contributed by atoms with Gasteiger partial charge in [-0.15, -0.1) is 0 Å². The van der Waals surface area contributed by atoms with Crippen LogP contribution in [-0.4, -0.2) is 32.6 Å². The topological polar surface area (TPSA) is 98.8 Å². The molecule has 226 valence electrons. The van der Waals surface area contributed by atoms with Crippen LogP contribution in [0.1, 0.15) is 50.3 Å². The van der Waals surface area contributed by atoms with Gasteiger partial charge >= 0.3 is 11.9 Å². The summed E-state index contributed by atoms with van der Waals surface area (Å²) in [5, 5.41) is 0.483. The number of hydrogen-bond acceptors (Lipinski definition) is 6. The van der Waals surface area contributed by atoms with Gasteiger partial charge in [0.1, 0.15) is 16.7 Å². The Morgan fingerprint density at radius 2 is 1.58 bits per heavy atom. The van der Waals surface area contributed by atoms with Gasteiger partial charge in [-0.25, -0.2) is 13.2 Å². The van der Waals surface area contributed by atoms with Crippen molar-refractivity contribution in [1.82, 2.24) is 4.72 Å². The first-order valence-corrected chi connectivity index (χ1v) is 15.8. The average Bonchev–Trinajstić information content (AvgIpc) is 3.32. The van der Waals surface area contributed by atoms with Gasteiger partial charge in [0, 0.05) is 10.9 Å². The standard InChI is InChI=1S/C34H36ClNO6S/c1-6-41-31(37)30(36-43(39,40)27-18-12-23(2)13-19-27)28-20-21-34(32(38)42-33(3,4)5,22-24-10-8-7-9-11-24)29(28)25-14-16-26(35)17-15-25/h7-21,29,36H,6,22H2,1-5H3/b30-28+/t29-,34+/m0/s1. The van der Waals surface area contributed by atoms with E-state index in [1.54, 1.807) is 76.2 Å². The fourth-order valence-corrected chi connectivity index (χ4v) is 6.33. The van der Waals surface area contributed by atoms with Crippen molar-refractivity contribution in [2.24, 2.45) is 5.41 Å². The summed E-state index contributed by atoms with van der Waals surface area (Å²) >= 11 is 6.24. The molecule has 0 saturated heterocycles. The van der Waals surface area contributed by atoms with Gasteiger partial charge in [0.2, 0.25) is 0 Å². The van der Waals surface area contributed by atoms with E-state index in [2.05, 4.69) is 4.72 Å². The fourth-order valence-electron chi connectivity index (χ4n) is 5.13. The molecule has 0 fully saturated rings. The van der Waals surface area contributed by atoms with Gasteiger partial charge in [0.15, 0.2) is 0 Å². The molecule has 0 bridgehead atoms. The Labute approximate surface area is 258 Å². The first-order chi connectivity index (χ1) is 20.3. The highest BCUT2D eigenvalue weighted by atomic mass is 35.5. The third-order valence-corrected chi connectivity index (χ3v) is 8.66. The van der Waals surface area contributed by atoms with Crippen LogP contribution in [0.4, 0.5) is 0 Å². The highest BCUT2D eigenvalue weighted by molar-refractivity contribution is 7.89. The number of halogens is 1. The zero-order valence-electron chi connectivity index (χ0n) is 24.9. The number of benzene rings is 3. The predicted octanol–water partition coefficient (Wildman–Crippen LogP) is 6.67. The zero-order chi connectivity index (χ0) is 31.4. The van der Waals surface area contributed by atoms with Crippen LogP contribution < -0.4 is 4.72 Å². The van der Waals surface area contributed by atoms with E-state index in [1.807, 2.05) is 37.3 Å². The Kier molecular flexibility index (Phi) is 9.52. The van der Waals surface area contributed by atoms with Crippen molar-refractivity contribution in [2.75, 3.05) is 6.61 Å². The number of ether oxygens (including phenoxy) is 2. The second kappa shape index (κ2) is 12.8. The van der Waals surface area contributed by atoms with E-state index < -0.39 is 38.9 Å². The van der Waals surface area contributed by atoms with Gasteiger partial charge in [-0.3, -0.25) is 9.52 Å². The lowest BCUT2D eigenvalue weighted by atomic mass is 9.69. The highest BCUT2D eigenvalue weighted by Gasteiger charge is 2.52. The Morgan fingerprint density at radius 1 is 0.953 bits per heavy atom. The summed E-state index contributed by atoms with van der Waals surface area (Å²) < 4.78 is 41.0. The van der Waals surface area contributed by atoms with Gasteiger partial charge in [0.25, 0.3) is 10.0 Å². The molecule has 4 rings (SSSR count). The molecule has 3 aromatic carbocycles. The van der Waals surface area contributed by atoms with Crippen molar-refractivity contribution in [3.8, 4) is 0 Å². The highest BCUT2D eigenvalue weighted by Crippen LogP contribution is 2.52. The van der Waals surface area contributed by atoms with E-state index in [9.17, 15) is 18.0 Å². The lowest BCUT2D eigenvalue weighted by Crippen LogP contribution is -2.42. The molecule has 0 unspecified atom stereocenters. The van der Waals surface area contributed by atoms with E-state index in [0.717, 1.165) is 11.1 Å². The minimum atomic E-state index is -4.21. The van der Waals surface area contributed by atoms with Gasteiger partial charge < -0.3 is 9.47 Å². The Morgan fingerprint density at radius 3 is 2.16 bits per heavy atom. The molecule has 43 heavy (non-hydrogen) atoms. The van der Waals surface area contributed by atoms with E-state index in [-0.39, 0.29) is 29.2 Å². The van der Waals surface area contributed by atoms with E-state index in [1.165, 1.54) is 12.1 Å². The van der Waals surface area contributed by atoms with Crippen molar-refractivity contribution in [1.29, 1.82) is 0 Å². The number of hydrogen-bond donors (Lipinski definition) is 1. The van der Waals surface area contributed by atoms with E-state index in [4.69, 9.17) is 21.1 Å². The Balaban J connectivity index is 1.98. The molecule has 2 atom stereocenters. The quantitative estimate of drug-likeness (QED) is 0.212. The summed E-state index contributed by atoms with van der Waals surface area (Å²) in [4.78, 5) is 27.8. The first kappa shape index (κ1) is 32.0. The molecule has 1 aliphatic carbocycles. The Bertz CT molecular complexity index is 1640. The zero-order valence-corrected chi connectivity index (χ0v) is 26.5. The largest absolute Gasteiger partial charge is 0.461 e. The molecule has 9 heteroatoms. The SMILES string of the molecule is CCOC(=O)/C(NS(=O)(=O)c1ccc(C)cc1)=C1/C=C[C@](Cc2ccccc2)(C(=O)OC(C)(C)C)[C@H]1c1ccc(Cl)cc1. The molecular formula is C34H36ClNO6S. The molecule has 7 nitrogen and oxygen atoms in total. The van der Waals surface area contributed by atoms with Crippen LogP contribution in [0.2, 0.25) is 5.02 Å². The minimum absolute atomic E-state index is 0.0123. The number of allylic oxidation sites excluding steroid dienone is 2. The van der Waals surface area contributed by atoms with Gasteiger partial charge in [-0.05, 0) is 82.0 Å². The van der Waals surface area contributed by atoms with Crippen LogP contribution in [-0.2, 0) is 35.5 Å². The van der Waals surface area contributed by atoms with Crippen LogP contribution in [0.25, 0.3) is 0 Å². The fraction of sp³-hybridized carbons (Fsp3) is 0.294. The first-order valence-electron chi connectivity index (χ1n) is 14.0. The van der Waals surface area contributed by atoms with Gasteiger partial charge in [-0.1, -0.05) is 83.9 Å². The van der Waals surface area contributed by atoms with Gasteiger partial charge in [0.05, 0.1) is 11.5 Å². The molecule has 0 amide bonds. The molecule has 0 aromatic heterocycles. The summed E-state index contributed by atoms with van der Waals surface area (Å²) in [5.41, 5.74) is 0.217. The number of carbonyl (C=O) groups is 2. The monoisotopic (exact) mass is 621 g/mol. The van der Waals surface area contributed by atoms with Crippen molar-refractivity contribution in [2.45, 2.75) is 57.5 Å². The third kappa shape index (κ3) is 7.37. The van der Waals surface area contributed by atoms with Crippen LogP contribution in [0.3, 0.4) is 0 Å². The number of aryl methyl sites for hydroxylation is 1. The van der Waals surface area contributed by atoms with Crippen molar-refractivity contribution < 1.29 is 27.5 Å². The predicted molar refractivity (Wildman–Crippen MR) is 167 cm³/mol. The molecular weight excluding hydrogens is 586 g/mol. The normalized spacial score (nSPS) is 19.5. The maximum atomic E-state index is 14.3. The van der Waals surface area contributed by atoms with Crippen LogP contribution in [0.15, 0.2) is 107 Å². The molecule has 0 radical (unpaired) electrons. The summed E-state index contributed by atoms with van der Waals surface area (Å²) in [6.07, 6.45) is 3.55. The molecule has 0 spiro atoms. The summed E-state index contributed by atoms with van der Waals surface area (Å²) in [7, 11) is -4.21. The van der Waals surface area contributed by atoms with Crippen LogP contribution in [0, 0.1) is 12.3 Å². The maximum Gasteiger partial charge on any atom is 0.355 e. The van der Waals surface area contributed by atoms with Crippen molar-refractivity contribution in [3.05, 3.63) is 124 Å². The summed E-state index contributed by atoms with van der Waals surface area (Å²) in [6.45, 7) is 8.85. The number of sulfonamides is 1. The lowest BCUT2D eigenvalue weighted by molar-refractivity contribution is -0.165. The number of carbonyl (C=O) groups excluding carboxylic acids is 2. The van der Waals surface area contributed by atoms with Gasteiger partial charge in [-0.2, -0.15) is 0 Å². The molecule has 1 aliphatic rings. The Hall–Kier alpha value is -3.88. The smallest absolute Gasteiger partial charge is 0.355 e. The van der Waals surface area contributed by atoms with E-state index in [0.29, 0.717) is 10.6 Å². The molecule has 0 aliphatic heterocycles. The number of rotatable bonds is 9. The molecule has 3 aromatic rings. The maximum absolute atomic E-state index is 14.3. The summed E-state index contributed by atoms with van der Waals surface area (Å²) in [5.74, 6) is -2.21. The number of esters is 2. The summed E-state index contributed by atoms with van der Waals surface area (Å²) in [6, 6.07) is 22.6. The van der Waals surface area contributed by atoms with Crippen molar-refractivity contribution >= 4 is 33.6 Å². The molecule has 0 heterocycles. The van der Waals surface area contributed by atoms with Crippen molar-refractivity contribution in [3.63, 3.8) is 0 Å². The third-order valence-electron chi connectivity index (χ3n) is 7.04. The minimum Gasteiger partial charge on any atom is -0.461 e.